The van der Waals surface area contributed by atoms with Crippen LogP contribution in [0.2, 0.25) is 0 Å². The molecular formula is C3H6BrMgO+2. The smallest absolute Gasteiger partial charge is 0.392 e. The molecule has 0 bridgehead atoms. The average Bonchev–Trinajstić information content (AvgIpc) is 1.72. The van der Waals surface area contributed by atoms with Gasteiger partial charge in [-0.05, 0) is 0 Å². The first-order valence-electron chi connectivity index (χ1n) is 1.40. The summed E-state index contributed by atoms with van der Waals surface area (Å²) in [5.41, 5.74) is 0. The summed E-state index contributed by atoms with van der Waals surface area (Å²) < 4.78 is 0. The molecule has 0 aliphatic rings. The third-order valence-corrected chi connectivity index (χ3v) is 0.129. The molecule has 0 unspecified atom stereocenters. The predicted octanol–water partition coefficient (Wildman–Crippen LogP) is 0.629. The molecule has 1 nitrogen and oxygen atoms in total. The summed E-state index contributed by atoms with van der Waals surface area (Å²) in [5.74, 6) is 0. The van der Waals surface area contributed by atoms with Crippen LogP contribution in [0.25, 0.3) is 0 Å². The standard InChI is InChI=1S/C3H6O.BrH.Mg/c1-2-3-4;;/h2,4H,1,3H2;1H;/q;;+3/p-1. The van der Waals surface area contributed by atoms with E-state index in [2.05, 4.69) is 19.5 Å². The highest BCUT2D eigenvalue weighted by molar-refractivity contribution is 9.22. The van der Waals surface area contributed by atoms with Crippen molar-refractivity contribution in [1.29, 1.82) is 0 Å². The quantitative estimate of drug-likeness (QED) is 0.443. The summed E-state index contributed by atoms with van der Waals surface area (Å²) in [6, 6.07) is 0. The van der Waals surface area contributed by atoms with Gasteiger partial charge in [-0.3, -0.25) is 0 Å². The van der Waals surface area contributed by atoms with Gasteiger partial charge in [0.2, 0.25) is 0 Å². The lowest BCUT2D eigenvalue weighted by Crippen LogP contribution is -1.62. The minimum Gasteiger partial charge on any atom is -0.392 e. The minimum atomic E-state index is 0.0833. The molecule has 0 aromatic heterocycles. The molecule has 0 aliphatic heterocycles. The second-order valence-electron chi connectivity index (χ2n) is 0.471. The molecule has 0 spiro atoms. The third-order valence-electron chi connectivity index (χ3n) is 0.129. The van der Waals surface area contributed by atoms with Crippen molar-refractivity contribution in [2.24, 2.45) is 0 Å². The molecule has 0 aromatic rings. The van der Waals surface area contributed by atoms with Crippen molar-refractivity contribution in [3.05, 3.63) is 12.7 Å². The Morgan fingerprint density at radius 1 is 1.83 bits per heavy atom. The van der Waals surface area contributed by atoms with E-state index in [1.54, 1.807) is 19.5 Å². The number of aliphatic hydroxyl groups excluding tert-OH is 1. The number of rotatable bonds is 1. The number of hydrogen-bond acceptors (Lipinski definition) is 1. The highest BCUT2D eigenvalue weighted by atomic mass is 79.9. The zero-order valence-corrected chi connectivity index (χ0v) is 6.52. The molecule has 1 N–H and O–H groups in total. The maximum absolute atomic E-state index is 7.76. The lowest BCUT2D eigenvalue weighted by atomic mass is 10.7. The lowest BCUT2D eigenvalue weighted by molar-refractivity contribution is 0.343. The van der Waals surface area contributed by atoms with Crippen molar-refractivity contribution in [2.75, 3.05) is 6.61 Å². The Labute approximate surface area is 56.7 Å². The maximum atomic E-state index is 7.76. The molecule has 0 amide bonds. The summed E-state index contributed by atoms with van der Waals surface area (Å²) in [6.45, 7) is 3.31. The Kier molecular flexibility index (Phi) is 28.0. The Hall–Kier alpha value is 0.946. The van der Waals surface area contributed by atoms with Gasteiger partial charge in [-0.1, -0.05) is 6.08 Å². The van der Waals surface area contributed by atoms with Crippen LogP contribution in [-0.4, -0.2) is 31.3 Å². The first-order valence-corrected chi connectivity index (χ1v) is 5.30. The lowest BCUT2D eigenvalue weighted by Gasteiger charge is -1.60. The maximum Gasteiger partial charge on any atom is 1.52 e. The fraction of sp³-hybridized carbons (Fsp3) is 0.333. The SMILES string of the molecule is C=CCO.[Mg+2][Br]. The van der Waals surface area contributed by atoms with Gasteiger partial charge in [0.15, 0.2) is 0 Å². The van der Waals surface area contributed by atoms with E-state index < -0.39 is 0 Å². The minimum absolute atomic E-state index is 0.0833. The van der Waals surface area contributed by atoms with Crippen LogP contribution in [0, 0.1) is 0 Å². The van der Waals surface area contributed by atoms with Gasteiger partial charge in [-0.15, -0.1) is 6.58 Å². The van der Waals surface area contributed by atoms with Gasteiger partial charge in [0.25, 0.3) is 0 Å². The summed E-state index contributed by atoms with van der Waals surface area (Å²) in [6.07, 6.45) is 1.43. The second kappa shape index (κ2) is 16.8. The van der Waals surface area contributed by atoms with Crippen LogP contribution < -0.4 is 0 Å². The van der Waals surface area contributed by atoms with E-state index in [-0.39, 0.29) is 6.61 Å². The van der Waals surface area contributed by atoms with E-state index in [1.807, 2.05) is 0 Å². The third kappa shape index (κ3) is 20.3. The van der Waals surface area contributed by atoms with Crippen molar-refractivity contribution >= 4 is 32.4 Å². The summed E-state index contributed by atoms with van der Waals surface area (Å²) in [7, 11) is 0. The van der Waals surface area contributed by atoms with Crippen molar-refractivity contribution in [3.8, 4) is 0 Å². The molecule has 3 heteroatoms. The van der Waals surface area contributed by atoms with Gasteiger partial charge in [0.05, 0.1) is 6.61 Å². The van der Waals surface area contributed by atoms with E-state index >= 15 is 0 Å². The van der Waals surface area contributed by atoms with Crippen molar-refractivity contribution in [1.82, 2.24) is 0 Å². The van der Waals surface area contributed by atoms with E-state index in [1.165, 1.54) is 6.08 Å². The molecule has 6 heavy (non-hydrogen) atoms. The Bertz CT molecular complexity index is 24.8. The van der Waals surface area contributed by atoms with Crippen molar-refractivity contribution in [2.45, 2.75) is 0 Å². The van der Waals surface area contributed by atoms with E-state index in [0.29, 0.717) is 0 Å². The Morgan fingerprint density at radius 3 is 2.00 bits per heavy atom. The van der Waals surface area contributed by atoms with Crippen LogP contribution in [0.15, 0.2) is 12.7 Å². The Balaban J connectivity index is 0. The zero-order chi connectivity index (χ0) is 5.41. The Morgan fingerprint density at radius 2 is 2.00 bits per heavy atom. The van der Waals surface area contributed by atoms with Gasteiger partial charge in [0, 0.05) is 0 Å². The first-order chi connectivity index (χ1) is 2.91. The number of hydrogen-bond donors (Lipinski definition) is 1. The molecule has 0 aliphatic carbocycles. The van der Waals surface area contributed by atoms with Gasteiger partial charge in [-0.2, -0.15) is 0 Å². The van der Waals surface area contributed by atoms with Gasteiger partial charge < -0.3 is 5.11 Å². The normalized spacial score (nSPS) is 5.17. The molecule has 0 atom stereocenters. The van der Waals surface area contributed by atoms with Gasteiger partial charge in [-0.25, -0.2) is 0 Å². The molecule has 0 saturated heterocycles. The van der Waals surface area contributed by atoms with Crippen LogP contribution >= 0.6 is 12.9 Å². The fourth-order valence-electron chi connectivity index (χ4n) is 0. The summed E-state index contributed by atoms with van der Waals surface area (Å²) in [4.78, 5) is 0. The monoisotopic (exact) mass is 161 g/mol. The van der Waals surface area contributed by atoms with Crippen molar-refractivity contribution in [3.63, 3.8) is 0 Å². The van der Waals surface area contributed by atoms with E-state index in [0.717, 1.165) is 0 Å². The largest absolute Gasteiger partial charge is 1.52 e. The predicted molar refractivity (Wildman–Crippen MR) is 32.0 cm³/mol. The van der Waals surface area contributed by atoms with Gasteiger partial charge in [0.1, 0.15) is 0 Å². The highest BCUT2D eigenvalue weighted by Crippen LogP contribution is 1.46. The topological polar surface area (TPSA) is 20.2 Å². The molecule has 31 valence electrons. The molecule has 0 heterocycles. The van der Waals surface area contributed by atoms with Crippen LogP contribution in [0.3, 0.4) is 0 Å². The average molecular weight is 162 g/mol. The number of halogens is 1. The highest BCUT2D eigenvalue weighted by Gasteiger charge is 2.13. The second-order valence-corrected chi connectivity index (χ2v) is 0.471. The van der Waals surface area contributed by atoms with Crippen LogP contribution in [0.5, 0.6) is 0 Å². The van der Waals surface area contributed by atoms with Crippen LogP contribution in [-0.2, 0) is 0 Å². The molecule has 0 saturated carbocycles. The summed E-state index contributed by atoms with van der Waals surface area (Å²) in [5, 5.41) is 7.76. The molecule has 0 fully saturated rings. The van der Waals surface area contributed by atoms with Gasteiger partial charge >= 0.3 is 32.4 Å². The van der Waals surface area contributed by atoms with Crippen LogP contribution in [0.4, 0.5) is 0 Å². The molecular weight excluding hydrogens is 156 g/mol. The van der Waals surface area contributed by atoms with E-state index in [9.17, 15) is 0 Å². The molecule has 7 radical (unpaired) electrons. The first kappa shape index (κ1) is 10.0. The summed E-state index contributed by atoms with van der Waals surface area (Å²) >= 11 is 4.64. The van der Waals surface area contributed by atoms with Crippen LogP contribution in [0.1, 0.15) is 0 Å². The van der Waals surface area contributed by atoms with Crippen molar-refractivity contribution < 1.29 is 5.11 Å². The molecule has 0 aromatic carbocycles. The number of aliphatic hydroxyl groups is 1. The van der Waals surface area contributed by atoms with E-state index in [4.69, 9.17) is 5.11 Å². The zero-order valence-electron chi connectivity index (χ0n) is 3.52. The fourth-order valence-corrected chi connectivity index (χ4v) is 0. The molecule has 0 rings (SSSR count).